The molecule has 108 valence electrons. The predicted octanol–water partition coefficient (Wildman–Crippen LogP) is 2.86. The van der Waals surface area contributed by atoms with Crippen LogP contribution < -0.4 is 0 Å². The number of carbonyl (C=O) groups excluding carboxylic acids is 1. The first-order valence-corrected chi connectivity index (χ1v) is 6.44. The van der Waals surface area contributed by atoms with Crippen molar-refractivity contribution in [3.8, 4) is 0 Å². The lowest BCUT2D eigenvalue weighted by Gasteiger charge is -2.15. The summed E-state index contributed by atoms with van der Waals surface area (Å²) in [5.74, 6) is -1.09. The van der Waals surface area contributed by atoms with E-state index in [1.165, 1.54) is 19.9 Å². The highest BCUT2D eigenvalue weighted by Crippen LogP contribution is 2.14. The van der Waals surface area contributed by atoms with Gasteiger partial charge in [0.25, 0.3) is 0 Å². The molecule has 0 bridgehead atoms. The fourth-order valence-electron chi connectivity index (χ4n) is 1.55. The zero-order chi connectivity index (χ0) is 15.1. The third-order valence-corrected chi connectivity index (χ3v) is 2.83. The molecule has 0 atom stereocenters. The Hall–Kier alpha value is -1.42. The van der Waals surface area contributed by atoms with Crippen LogP contribution in [0.1, 0.15) is 53.4 Å². The first-order valence-electron chi connectivity index (χ1n) is 6.44. The Morgan fingerprint density at radius 1 is 1.05 bits per heavy atom. The molecule has 0 radical (unpaired) electrons. The van der Waals surface area contributed by atoms with Crippen molar-refractivity contribution in [3.63, 3.8) is 0 Å². The van der Waals surface area contributed by atoms with Crippen molar-refractivity contribution < 1.29 is 19.8 Å². The van der Waals surface area contributed by atoms with Gasteiger partial charge in [0.05, 0.1) is 0 Å². The summed E-state index contributed by atoms with van der Waals surface area (Å²) in [6.07, 6.45) is 5.64. The highest BCUT2D eigenvalue weighted by molar-refractivity contribution is 5.86. The predicted molar refractivity (Wildman–Crippen MR) is 74.9 cm³/mol. The van der Waals surface area contributed by atoms with E-state index < -0.39 is 11.6 Å². The highest BCUT2D eigenvalue weighted by Gasteiger charge is 2.22. The van der Waals surface area contributed by atoms with E-state index >= 15 is 0 Å². The number of aliphatic hydroxyl groups is 1. The fourth-order valence-corrected chi connectivity index (χ4v) is 1.55. The lowest BCUT2D eigenvalue weighted by atomic mass is 9.97. The Morgan fingerprint density at radius 3 is 2.11 bits per heavy atom. The van der Waals surface area contributed by atoms with E-state index in [1.807, 2.05) is 13.0 Å². The van der Waals surface area contributed by atoms with E-state index in [9.17, 15) is 14.7 Å². The summed E-state index contributed by atoms with van der Waals surface area (Å²) in [7, 11) is 0. The Labute approximate surface area is 114 Å². The van der Waals surface area contributed by atoms with Crippen molar-refractivity contribution in [2.75, 3.05) is 0 Å². The summed E-state index contributed by atoms with van der Waals surface area (Å²) in [6, 6.07) is 0. The average molecular weight is 268 g/mol. The van der Waals surface area contributed by atoms with Crippen LogP contribution in [0.15, 0.2) is 23.3 Å². The van der Waals surface area contributed by atoms with Gasteiger partial charge in [-0.3, -0.25) is 4.79 Å². The van der Waals surface area contributed by atoms with E-state index in [4.69, 9.17) is 5.11 Å². The van der Waals surface area contributed by atoms with Crippen molar-refractivity contribution in [2.24, 2.45) is 0 Å². The zero-order valence-electron chi connectivity index (χ0n) is 12.2. The van der Waals surface area contributed by atoms with Gasteiger partial charge in [0, 0.05) is 12.5 Å². The summed E-state index contributed by atoms with van der Waals surface area (Å²) in [4.78, 5) is 21.9. The molecule has 19 heavy (non-hydrogen) atoms. The number of aliphatic carboxylic acids is 1. The van der Waals surface area contributed by atoms with E-state index in [2.05, 4.69) is 0 Å². The smallest absolute Gasteiger partial charge is 0.328 e. The van der Waals surface area contributed by atoms with Gasteiger partial charge >= 0.3 is 5.97 Å². The number of carbonyl (C=O) groups is 2. The molecule has 0 rings (SSSR count). The topological polar surface area (TPSA) is 74.6 Å². The minimum atomic E-state index is -1.26. The number of rotatable bonds is 8. The molecular weight excluding hydrogens is 244 g/mol. The van der Waals surface area contributed by atoms with Crippen LogP contribution in [0.2, 0.25) is 0 Å². The number of Topliss-reactive ketones (excluding diaryl/α,β-unsaturated/α-hetero) is 1. The molecule has 4 nitrogen and oxygen atoms in total. The monoisotopic (exact) mass is 268 g/mol. The van der Waals surface area contributed by atoms with Gasteiger partial charge in [-0.05, 0) is 47.0 Å². The standard InChI is InChI=1S/C15H24O4/c1-11(8-9-13(16)15(3,4)19)6-5-7-12(2)10-14(17)18/h6,10,19H,5,7-9H2,1-4H3,(H,17,18). The number of ketones is 1. The van der Waals surface area contributed by atoms with Gasteiger partial charge in [-0.2, -0.15) is 0 Å². The first-order chi connectivity index (χ1) is 8.62. The molecule has 0 aliphatic carbocycles. The quantitative estimate of drug-likeness (QED) is 0.524. The Bertz CT molecular complexity index is 383. The molecule has 0 aromatic rings. The molecule has 0 amide bonds. The van der Waals surface area contributed by atoms with Gasteiger partial charge in [-0.15, -0.1) is 0 Å². The fraction of sp³-hybridized carbons (Fsp3) is 0.600. The van der Waals surface area contributed by atoms with Crippen molar-refractivity contribution in [3.05, 3.63) is 23.3 Å². The van der Waals surface area contributed by atoms with Crippen LogP contribution in [0.3, 0.4) is 0 Å². The summed E-state index contributed by atoms with van der Waals surface area (Å²) in [5, 5.41) is 18.1. The molecule has 0 saturated heterocycles. The van der Waals surface area contributed by atoms with Crippen LogP contribution in [0.25, 0.3) is 0 Å². The molecule has 0 spiro atoms. The number of carboxylic acids is 1. The first kappa shape index (κ1) is 17.6. The third kappa shape index (κ3) is 9.19. The second kappa shape index (κ2) is 7.89. The van der Waals surface area contributed by atoms with Crippen LogP contribution in [0, 0.1) is 0 Å². The summed E-state index contributed by atoms with van der Waals surface area (Å²) in [6.45, 7) is 6.71. The van der Waals surface area contributed by atoms with Crippen LogP contribution in [0.4, 0.5) is 0 Å². The maximum absolute atomic E-state index is 11.5. The second-order valence-electron chi connectivity index (χ2n) is 5.40. The maximum Gasteiger partial charge on any atom is 0.328 e. The molecule has 2 N–H and O–H groups in total. The molecule has 0 aromatic heterocycles. The molecule has 0 heterocycles. The molecule has 0 aromatic carbocycles. The van der Waals surface area contributed by atoms with Gasteiger partial charge in [-0.1, -0.05) is 17.2 Å². The highest BCUT2D eigenvalue weighted by atomic mass is 16.4. The lowest BCUT2D eigenvalue weighted by molar-refractivity contribution is -0.134. The normalized spacial score (nSPS) is 13.5. The van der Waals surface area contributed by atoms with Gasteiger partial charge < -0.3 is 10.2 Å². The van der Waals surface area contributed by atoms with E-state index in [1.54, 1.807) is 6.92 Å². The van der Waals surface area contributed by atoms with E-state index in [0.29, 0.717) is 19.3 Å². The maximum atomic E-state index is 11.5. The Balaban J connectivity index is 4.10. The molecule has 0 unspecified atom stereocenters. The number of hydrogen-bond acceptors (Lipinski definition) is 3. The van der Waals surface area contributed by atoms with E-state index in [-0.39, 0.29) is 5.78 Å². The molecule has 0 fully saturated rings. The third-order valence-electron chi connectivity index (χ3n) is 2.83. The van der Waals surface area contributed by atoms with Crippen molar-refractivity contribution in [1.29, 1.82) is 0 Å². The van der Waals surface area contributed by atoms with Crippen LogP contribution >= 0.6 is 0 Å². The average Bonchev–Trinajstić information content (AvgIpc) is 2.23. The minimum Gasteiger partial charge on any atom is -0.478 e. The summed E-state index contributed by atoms with van der Waals surface area (Å²) >= 11 is 0. The molecule has 4 heteroatoms. The number of carboxylic acid groups (broad SMARTS) is 1. The SMILES string of the molecule is CC(=CC(=O)O)CCC=C(C)CCC(=O)C(C)(C)O. The molecule has 0 aliphatic rings. The number of allylic oxidation sites excluding steroid dienone is 3. The largest absolute Gasteiger partial charge is 0.478 e. The van der Waals surface area contributed by atoms with Gasteiger partial charge in [0.15, 0.2) is 5.78 Å². The number of hydrogen-bond donors (Lipinski definition) is 2. The van der Waals surface area contributed by atoms with Crippen molar-refractivity contribution >= 4 is 11.8 Å². The minimum absolute atomic E-state index is 0.165. The van der Waals surface area contributed by atoms with Crippen LogP contribution in [0.5, 0.6) is 0 Å². The van der Waals surface area contributed by atoms with Gasteiger partial charge in [0.2, 0.25) is 0 Å². The van der Waals surface area contributed by atoms with Crippen LogP contribution in [-0.4, -0.2) is 27.6 Å². The lowest BCUT2D eigenvalue weighted by Crippen LogP contribution is -2.30. The van der Waals surface area contributed by atoms with Crippen molar-refractivity contribution in [2.45, 2.75) is 59.0 Å². The van der Waals surface area contributed by atoms with Gasteiger partial charge in [-0.25, -0.2) is 4.79 Å². The Kier molecular flexibility index (Phi) is 7.30. The summed E-state index contributed by atoms with van der Waals surface area (Å²) < 4.78 is 0. The molecule has 0 aliphatic heterocycles. The van der Waals surface area contributed by atoms with Crippen molar-refractivity contribution in [1.82, 2.24) is 0 Å². The van der Waals surface area contributed by atoms with E-state index in [0.717, 1.165) is 17.6 Å². The second-order valence-corrected chi connectivity index (χ2v) is 5.40. The molecule has 0 saturated carbocycles. The summed E-state index contributed by atoms with van der Waals surface area (Å²) in [5.41, 5.74) is 0.644. The zero-order valence-corrected chi connectivity index (χ0v) is 12.2. The van der Waals surface area contributed by atoms with Gasteiger partial charge in [0.1, 0.15) is 5.60 Å². The van der Waals surface area contributed by atoms with Crippen LogP contribution in [-0.2, 0) is 9.59 Å². The Morgan fingerprint density at radius 2 is 1.63 bits per heavy atom. The molecular formula is C15H24O4.